The molecule has 536 valence electrons. The fraction of sp³-hybridized carbons (Fsp3) is 0.368. The Labute approximate surface area is 592 Å². The highest BCUT2D eigenvalue weighted by atomic mass is 32.2. The SMILES string of the molecule is CC.CC.CC.CC.O=S(=O)(c1ccccc1)c1ccc2c(c1)N(C1CNC1)CCO2.O=S(=O)(c1ccccc1)c1ccc2c(c1)N(C1CNC1)CCO2.O=S(=O)(c1ccccc1)c1ccc2c(c1)OCCN2C1CNC1.O=S(=O)(c1ccccc1)c1ccc2c(c1)OCCN2C1CNC1. The average Bonchev–Trinajstić information content (AvgIpc) is 0.789. The van der Waals surface area contributed by atoms with Gasteiger partial charge in [-0.15, -0.1) is 0 Å². The van der Waals surface area contributed by atoms with Gasteiger partial charge in [0, 0.05) is 64.5 Å². The molecule has 0 radical (unpaired) electrons. The van der Waals surface area contributed by atoms with Gasteiger partial charge in [-0.25, -0.2) is 33.7 Å². The monoisotopic (exact) mass is 1440 g/mol. The van der Waals surface area contributed by atoms with E-state index in [-0.39, 0.29) is 9.79 Å². The molecular formula is C76H96N8O12S4. The van der Waals surface area contributed by atoms with Crippen LogP contribution in [0.1, 0.15) is 55.4 Å². The summed E-state index contributed by atoms with van der Waals surface area (Å²) in [4.78, 5) is 11.5. The normalized spacial score (nSPS) is 16.8. The van der Waals surface area contributed by atoms with Gasteiger partial charge in [-0.1, -0.05) is 128 Å². The minimum atomic E-state index is -3.51. The van der Waals surface area contributed by atoms with Crippen LogP contribution in [-0.2, 0) is 39.3 Å². The molecule has 4 saturated heterocycles. The number of hydrogen-bond donors (Lipinski definition) is 4. The van der Waals surface area contributed by atoms with Crippen molar-refractivity contribution in [2.75, 3.05) is 125 Å². The van der Waals surface area contributed by atoms with E-state index in [1.807, 2.05) is 79.7 Å². The minimum Gasteiger partial charge on any atom is -0.490 e. The second-order valence-corrected chi connectivity index (χ2v) is 31.0. The molecular weight excluding hydrogens is 1350 g/mol. The largest absolute Gasteiger partial charge is 0.490 e. The molecule has 0 aliphatic carbocycles. The summed E-state index contributed by atoms with van der Waals surface area (Å²) < 4.78 is 125. The molecule has 0 aromatic heterocycles. The molecule has 8 aliphatic rings. The van der Waals surface area contributed by atoms with Gasteiger partial charge in [-0.2, -0.15) is 0 Å². The summed E-state index contributed by atoms with van der Waals surface area (Å²) in [5.74, 6) is 2.82. The first-order valence-electron chi connectivity index (χ1n) is 34.8. The van der Waals surface area contributed by atoms with Crippen molar-refractivity contribution in [3.8, 4) is 23.0 Å². The fourth-order valence-electron chi connectivity index (χ4n) is 12.0. The maximum atomic E-state index is 12.8. The molecule has 0 atom stereocenters. The predicted molar refractivity (Wildman–Crippen MR) is 397 cm³/mol. The van der Waals surface area contributed by atoms with Gasteiger partial charge in [0.05, 0.1) is 112 Å². The topological polar surface area (TPSA) is 235 Å². The van der Waals surface area contributed by atoms with Crippen molar-refractivity contribution in [3.63, 3.8) is 0 Å². The predicted octanol–water partition coefficient (Wildman–Crippen LogP) is 10.9. The van der Waals surface area contributed by atoms with Gasteiger partial charge in [-0.3, -0.25) is 0 Å². The zero-order valence-corrected chi connectivity index (χ0v) is 61.7. The third-order valence-corrected chi connectivity index (χ3v) is 24.6. The average molecular weight is 1440 g/mol. The lowest BCUT2D eigenvalue weighted by molar-refractivity contribution is 0.285. The van der Waals surface area contributed by atoms with Crippen molar-refractivity contribution in [2.24, 2.45) is 0 Å². The van der Waals surface area contributed by atoms with Crippen LogP contribution in [0.3, 0.4) is 0 Å². The Bertz CT molecular complexity index is 4120. The first-order chi connectivity index (χ1) is 48.6. The summed E-state index contributed by atoms with van der Waals surface area (Å²) in [5.41, 5.74) is 3.71. The van der Waals surface area contributed by atoms with Gasteiger partial charge >= 0.3 is 0 Å². The second kappa shape index (κ2) is 35.4. The van der Waals surface area contributed by atoms with Gasteiger partial charge in [-0.05, 0) is 109 Å². The molecule has 8 heterocycles. The third kappa shape index (κ3) is 17.0. The standard InChI is InChI=1S/4C17H18N2O3S.4C2H6/c2*20-23(21,14-4-2-1-3-5-14)15-6-7-17-16(10-15)19(8-9-22-17)13-11-18-12-13;2*20-23(21,14-4-2-1-3-5-14)15-6-7-16-17(10-15)22-9-8-19(16)13-11-18-12-13;4*1-2/h4*1-7,10,13,18H,8-9,11-12H2;4*1-2H3. The molecule has 0 amide bonds. The van der Waals surface area contributed by atoms with E-state index < -0.39 is 39.3 Å². The van der Waals surface area contributed by atoms with Crippen LogP contribution < -0.4 is 59.8 Å². The zero-order chi connectivity index (χ0) is 71.5. The lowest BCUT2D eigenvalue weighted by Gasteiger charge is -2.42. The number of benzene rings is 8. The van der Waals surface area contributed by atoms with Crippen LogP contribution in [0.2, 0.25) is 0 Å². The van der Waals surface area contributed by atoms with Crippen molar-refractivity contribution in [1.82, 2.24) is 21.3 Å². The Hall–Kier alpha value is -8.20. The lowest BCUT2D eigenvalue weighted by Crippen LogP contribution is -2.59. The molecule has 20 nitrogen and oxygen atoms in total. The summed E-state index contributed by atoms with van der Waals surface area (Å²) in [6, 6.07) is 56.5. The molecule has 8 aliphatic heterocycles. The summed E-state index contributed by atoms with van der Waals surface area (Å²) in [6.07, 6.45) is 0. The van der Waals surface area contributed by atoms with E-state index in [0.29, 0.717) is 91.5 Å². The Balaban J connectivity index is 0.000000150. The highest BCUT2D eigenvalue weighted by Gasteiger charge is 2.35. The maximum Gasteiger partial charge on any atom is 0.206 e. The van der Waals surface area contributed by atoms with E-state index in [1.54, 1.807) is 170 Å². The van der Waals surface area contributed by atoms with Crippen molar-refractivity contribution in [3.05, 3.63) is 194 Å². The number of nitrogens with zero attached hydrogens (tertiary/aromatic N) is 4. The molecule has 8 aromatic rings. The Morgan fingerprint density at radius 3 is 0.720 bits per heavy atom. The van der Waals surface area contributed by atoms with E-state index in [0.717, 1.165) is 113 Å². The van der Waals surface area contributed by atoms with Crippen molar-refractivity contribution >= 4 is 62.1 Å². The quantitative estimate of drug-likeness (QED) is 0.0890. The van der Waals surface area contributed by atoms with Crippen molar-refractivity contribution in [2.45, 2.75) is 119 Å². The number of nitrogens with one attached hydrogen (secondary N) is 4. The number of rotatable bonds is 12. The maximum absolute atomic E-state index is 12.8. The summed E-state index contributed by atoms with van der Waals surface area (Å²) in [5, 5.41) is 13.1. The van der Waals surface area contributed by atoms with Gasteiger partial charge in [0.2, 0.25) is 39.3 Å². The van der Waals surface area contributed by atoms with Crippen LogP contribution in [0.4, 0.5) is 22.7 Å². The summed E-state index contributed by atoms with van der Waals surface area (Å²) >= 11 is 0. The fourth-order valence-corrected chi connectivity index (χ4v) is 17.2. The molecule has 0 unspecified atom stereocenters. The molecule has 24 heteroatoms. The number of sulfone groups is 4. The van der Waals surface area contributed by atoms with E-state index in [9.17, 15) is 33.7 Å². The van der Waals surface area contributed by atoms with E-state index in [4.69, 9.17) is 18.9 Å². The zero-order valence-electron chi connectivity index (χ0n) is 58.4. The van der Waals surface area contributed by atoms with Gasteiger partial charge in [0.25, 0.3) is 0 Å². The first kappa shape index (κ1) is 76.0. The number of anilines is 4. The van der Waals surface area contributed by atoms with Crippen LogP contribution >= 0.6 is 0 Å². The third-order valence-electron chi connectivity index (χ3n) is 17.6. The Morgan fingerprint density at radius 1 is 0.260 bits per heavy atom. The number of ether oxygens (including phenoxy) is 4. The molecule has 0 bridgehead atoms. The van der Waals surface area contributed by atoms with E-state index in [1.165, 1.54) is 0 Å². The van der Waals surface area contributed by atoms with Crippen LogP contribution in [0.5, 0.6) is 23.0 Å². The summed E-state index contributed by atoms with van der Waals surface area (Å²) in [6.45, 7) is 29.2. The van der Waals surface area contributed by atoms with Gasteiger partial charge in [0.15, 0.2) is 0 Å². The highest BCUT2D eigenvalue weighted by molar-refractivity contribution is 7.92. The molecule has 8 aromatic carbocycles. The highest BCUT2D eigenvalue weighted by Crippen LogP contribution is 2.41. The number of fused-ring (bicyclic) bond motifs is 4. The lowest BCUT2D eigenvalue weighted by atomic mass is 10.1. The Kier molecular flexibility index (Phi) is 26.9. The molecule has 16 rings (SSSR count). The summed E-state index contributed by atoms with van der Waals surface area (Å²) in [7, 11) is -14.0. The molecule has 0 saturated carbocycles. The van der Waals surface area contributed by atoms with Crippen LogP contribution in [0.25, 0.3) is 0 Å². The second-order valence-electron chi connectivity index (χ2n) is 23.2. The number of hydrogen-bond acceptors (Lipinski definition) is 20. The minimum absolute atomic E-state index is 0.274. The molecule has 4 fully saturated rings. The smallest absolute Gasteiger partial charge is 0.206 e. The van der Waals surface area contributed by atoms with E-state index in [2.05, 4.69) is 40.9 Å². The van der Waals surface area contributed by atoms with Gasteiger partial charge < -0.3 is 59.8 Å². The van der Waals surface area contributed by atoms with Crippen LogP contribution in [-0.4, -0.2) is 163 Å². The Morgan fingerprint density at radius 2 is 0.480 bits per heavy atom. The van der Waals surface area contributed by atoms with E-state index >= 15 is 0 Å². The van der Waals surface area contributed by atoms with Crippen molar-refractivity contribution in [1.29, 1.82) is 0 Å². The molecule has 100 heavy (non-hydrogen) atoms. The first-order valence-corrected chi connectivity index (χ1v) is 40.8. The molecule has 0 spiro atoms. The van der Waals surface area contributed by atoms with Crippen LogP contribution in [0, 0.1) is 0 Å². The van der Waals surface area contributed by atoms with Gasteiger partial charge in [0.1, 0.15) is 49.4 Å². The van der Waals surface area contributed by atoms with Crippen molar-refractivity contribution < 1.29 is 52.6 Å². The molecule has 4 N–H and O–H groups in total. The van der Waals surface area contributed by atoms with Crippen LogP contribution in [0.15, 0.2) is 233 Å².